The predicted octanol–water partition coefficient (Wildman–Crippen LogP) is 6.22. The second-order valence-corrected chi connectivity index (χ2v) is 8.00. The fourth-order valence-electron chi connectivity index (χ4n) is 3.79. The Morgan fingerprint density at radius 2 is 1.83 bits per heavy atom. The van der Waals surface area contributed by atoms with E-state index in [0.29, 0.717) is 10.9 Å². The zero-order valence-corrected chi connectivity index (χ0v) is 20.1. The van der Waals surface area contributed by atoms with Crippen LogP contribution in [0.2, 0.25) is 0 Å². The van der Waals surface area contributed by atoms with Crippen molar-refractivity contribution >= 4 is 33.8 Å². The van der Waals surface area contributed by atoms with Crippen LogP contribution in [0.15, 0.2) is 59.3 Å². The van der Waals surface area contributed by atoms with E-state index in [1.54, 1.807) is 6.07 Å². The highest BCUT2D eigenvalue weighted by molar-refractivity contribution is 6.08. The summed E-state index contributed by atoms with van der Waals surface area (Å²) in [4.78, 5) is 35.0. The fourth-order valence-corrected chi connectivity index (χ4v) is 3.79. The monoisotopic (exact) mass is 495 g/mol. The minimum atomic E-state index is -0.888. The molecule has 11 nitrogen and oxygen atoms in total. The molecule has 3 aromatic carbocycles. The van der Waals surface area contributed by atoms with Gasteiger partial charge in [-0.05, 0) is 49.4 Å². The number of methoxy groups -OCH3 is 2. The second-order valence-electron chi connectivity index (χ2n) is 8.00. The number of nitrogens with zero attached hydrogens (tertiary/aromatic N) is 2. The minimum Gasteiger partial charge on any atom is -0.496 e. The predicted molar refractivity (Wildman–Crippen MR) is 133 cm³/mol. The summed E-state index contributed by atoms with van der Waals surface area (Å²) < 4.78 is 17.0. The van der Waals surface area contributed by atoms with Crippen molar-refractivity contribution in [3.05, 3.63) is 80.3 Å². The number of nitrogens with one attached hydrogen (secondary N) is 1. The molecule has 0 fully saturated rings. The van der Waals surface area contributed by atoms with E-state index in [1.165, 1.54) is 50.6 Å². The number of benzene rings is 3. The van der Waals surface area contributed by atoms with Gasteiger partial charge in [0.25, 0.3) is 5.69 Å². The van der Waals surface area contributed by atoms with Crippen LogP contribution in [0, 0.1) is 15.0 Å². The first kappa shape index (κ1) is 26.1. The quantitative estimate of drug-likeness (QED) is 0.110. The van der Waals surface area contributed by atoms with Crippen molar-refractivity contribution in [2.45, 2.75) is 26.4 Å². The first-order valence-electron chi connectivity index (χ1n) is 10.8. The van der Waals surface area contributed by atoms with Crippen molar-refractivity contribution in [2.24, 2.45) is 5.18 Å². The summed E-state index contributed by atoms with van der Waals surface area (Å²) >= 11 is 0. The maximum absolute atomic E-state index is 13.0. The third-order valence-electron chi connectivity index (χ3n) is 5.50. The van der Waals surface area contributed by atoms with Crippen molar-refractivity contribution in [2.75, 3.05) is 19.7 Å². The highest BCUT2D eigenvalue weighted by atomic mass is 16.6. The van der Waals surface area contributed by atoms with E-state index in [0.717, 1.165) is 5.57 Å². The van der Waals surface area contributed by atoms with Gasteiger partial charge in [0.15, 0.2) is 0 Å². The Bertz CT molecular complexity index is 1330. The summed E-state index contributed by atoms with van der Waals surface area (Å²) in [7, 11) is 2.82. The van der Waals surface area contributed by atoms with Gasteiger partial charge in [-0.2, -0.15) is 0 Å². The van der Waals surface area contributed by atoms with Gasteiger partial charge in [-0.25, -0.2) is 4.79 Å². The Kier molecular flexibility index (Phi) is 8.18. The van der Waals surface area contributed by atoms with Crippen LogP contribution in [0.5, 0.6) is 11.5 Å². The van der Waals surface area contributed by atoms with Gasteiger partial charge in [-0.3, -0.25) is 20.8 Å². The molecule has 188 valence electrons. The van der Waals surface area contributed by atoms with Gasteiger partial charge in [0.2, 0.25) is 0 Å². The molecule has 36 heavy (non-hydrogen) atoms. The lowest BCUT2D eigenvalue weighted by atomic mass is 9.96. The molecule has 0 radical (unpaired) electrons. The number of allylic oxidation sites excluding steroid dienone is 1. The molecule has 0 aromatic heterocycles. The standard InChI is InChI=1S/C25H25N3O8/c1-14(2)5-12-20(36-25(29)15-6-8-16(9-7-15)28(32)33)17-13-21(34-3)22-18(26-30)10-11-19(27-31)23(22)24(17)35-4/h5-11,13,20,26,30H,12H2,1-4H3/t20-/m1/s1. The number of ether oxygens (including phenoxy) is 3. The van der Waals surface area contributed by atoms with Crippen LogP contribution in [0.1, 0.15) is 42.3 Å². The summed E-state index contributed by atoms with van der Waals surface area (Å²) in [6.07, 6.45) is 1.24. The molecule has 3 rings (SSSR count). The number of esters is 1. The van der Waals surface area contributed by atoms with Crippen LogP contribution >= 0.6 is 0 Å². The molecular weight excluding hydrogens is 470 g/mol. The topological polar surface area (TPSA) is 150 Å². The molecule has 3 aromatic rings. The van der Waals surface area contributed by atoms with Crippen LogP contribution in [-0.2, 0) is 4.74 Å². The molecule has 0 aliphatic heterocycles. The number of hydrogen-bond donors (Lipinski definition) is 2. The Hall–Kier alpha value is -4.51. The first-order chi connectivity index (χ1) is 17.2. The number of hydrogen-bond acceptors (Lipinski definition) is 10. The van der Waals surface area contributed by atoms with Crippen molar-refractivity contribution in [3.8, 4) is 11.5 Å². The number of fused-ring (bicyclic) bond motifs is 1. The van der Waals surface area contributed by atoms with E-state index in [2.05, 4.69) is 10.7 Å². The molecular formula is C25H25N3O8. The highest BCUT2D eigenvalue weighted by Crippen LogP contribution is 2.48. The van der Waals surface area contributed by atoms with Gasteiger partial charge in [0.1, 0.15) is 23.3 Å². The van der Waals surface area contributed by atoms with Gasteiger partial charge < -0.3 is 14.2 Å². The fraction of sp³-hybridized carbons (Fsp3) is 0.240. The molecule has 2 N–H and O–H groups in total. The SMILES string of the molecule is COc1cc([C@@H](CC=C(C)C)OC(=O)c2ccc([N+](=O)[O-])cc2)c(OC)c2c(N=O)ccc(NO)c12. The van der Waals surface area contributed by atoms with E-state index in [4.69, 9.17) is 14.2 Å². The van der Waals surface area contributed by atoms with Gasteiger partial charge in [0.05, 0.1) is 41.2 Å². The molecule has 0 amide bonds. The summed E-state index contributed by atoms with van der Waals surface area (Å²) in [6, 6.07) is 9.53. The Balaban J connectivity index is 2.20. The summed E-state index contributed by atoms with van der Waals surface area (Å²) in [5.74, 6) is -0.227. The number of nitro benzene ring substituents is 1. The molecule has 0 aliphatic carbocycles. The summed E-state index contributed by atoms with van der Waals surface area (Å²) in [6.45, 7) is 3.78. The summed E-state index contributed by atoms with van der Waals surface area (Å²) in [5.41, 5.74) is 3.70. The lowest BCUT2D eigenvalue weighted by Gasteiger charge is -2.23. The number of nitroso groups, excluding NO2 is 1. The molecule has 0 aliphatic rings. The van der Waals surface area contributed by atoms with Gasteiger partial charge in [0, 0.05) is 24.1 Å². The summed E-state index contributed by atoms with van der Waals surface area (Å²) in [5, 5.41) is 24.3. The van der Waals surface area contributed by atoms with Crippen molar-refractivity contribution in [3.63, 3.8) is 0 Å². The Labute approximate surface area is 206 Å². The average molecular weight is 495 g/mol. The molecule has 0 saturated carbocycles. The largest absolute Gasteiger partial charge is 0.496 e. The third-order valence-corrected chi connectivity index (χ3v) is 5.50. The van der Waals surface area contributed by atoms with Crippen molar-refractivity contribution in [1.82, 2.24) is 0 Å². The molecule has 0 spiro atoms. The maximum atomic E-state index is 13.0. The lowest BCUT2D eigenvalue weighted by molar-refractivity contribution is -0.384. The number of nitro groups is 1. The molecule has 0 saturated heterocycles. The second kappa shape index (κ2) is 11.3. The van der Waals surface area contributed by atoms with Gasteiger partial charge in [-0.1, -0.05) is 11.6 Å². The number of carbonyl (C=O) groups excluding carboxylic acids is 1. The van der Waals surface area contributed by atoms with Crippen LogP contribution in [0.25, 0.3) is 10.8 Å². The lowest BCUT2D eigenvalue weighted by Crippen LogP contribution is -2.13. The van der Waals surface area contributed by atoms with Crippen molar-refractivity contribution in [1.29, 1.82) is 0 Å². The van der Waals surface area contributed by atoms with Crippen LogP contribution < -0.4 is 15.0 Å². The zero-order valence-electron chi connectivity index (χ0n) is 20.1. The normalized spacial score (nSPS) is 11.4. The van der Waals surface area contributed by atoms with Crippen LogP contribution in [0.4, 0.5) is 17.1 Å². The number of rotatable bonds is 10. The average Bonchev–Trinajstić information content (AvgIpc) is 2.89. The molecule has 1 atom stereocenters. The van der Waals surface area contributed by atoms with E-state index >= 15 is 0 Å². The minimum absolute atomic E-state index is 0.0312. The third kappa shape index (κ3) is 5.26. The van der Waals surface area contributed by atoms with Crippen molar-refractivity contribution < 1.29 is 29.1 Å². The Morgan fingerprint density at radius 3 is 2.36 bits per heavy atom. The van der Waals surface area contributed by atoms with Gasteiger partial charge >= 0.3 is 5.97 Å². The van der Waals surface area contributed by atoms with E-state index < -0.39 is 17.0 Å². The van der Waals surface area contributed by atoms with Crippen LogP contribution in [-0.4, -0.2) is 30.3 Å². The Morgan fingerprint density at radius 1 is 1.14 bits per heavy atom. The van der Waals surface area contributed by atoms with Gasteiger partial charge in [-0.15, -0.1) is 4.91 Å². The first-order valence-corrected chi connectivity index (χ1v) is 10.8. The zero-order chi connectivity index (χ0) is 26.4. The maximum Gasteiger partial charge on any atom is 0.338 e. The molecule has 0 bridgehead atoms. The number of anilines is 1. The number of non-ortho nitro benzene ring substituents is 1. The number of carbonyl (C=O) groups is 1. The molecule has 11 heteroatoms. The van der Waals surface area contributed by atoms with Crippen LogP contribution in [0.3, 0.4) is 0 Å². The van der Waals surface area contributed by atoms with E-state index in [1.807, 2.05) is 19.9 Å². The smallest absolute Gasteiger partial charge is 0.338 e. The highest BCUT2D eigenvalue weighted by Gasteiger charge is 2.27. The molecule has 0 unspecified atom stereocenters. The van der Waals surface area contributed by atoms with E-state index in [9.17, 15) is 25.0 Å². The molecule has 0 heterocycles. The van der Waals surface area contributed by atoms with E-state index in [-0.39, 0.29) is 45.9 Å².